The van der Waals surface area contributed by atoms with Gasteiger partial charge in [0.15, 0.2) is 0 Å². The molecule has 3 amide bonds. The molecule has 1 aliphatic rings. The van der Waals surface area contributed by atoms with Gasteiger partial charge in [-0.3, -0.25) is 10.1 Å². The van der Waals surface area contributed by atoms with Crippen LogP contribution in [0.1, 0.15) is 25.3 Å². The Hall–Kier alpha value is -2.83. The van der Waals surface area contributed by atoms with Crippen LogP contribution >= 0.6 is 0 Å². The van der Waals surface area contributed by atoms with Crippen LogP contribution in [-0.4, -0.2) is 46.4 Å². The average Bonchev–Trinajstić information content (AvgIpc) is 3.32. The average molecular weight is 341 g/mol. The van der Waals surface area contributed by atoms with E-state index in [0.29, 0.717) is 5.95 Å². The van der Waals surface area contributed by atoms with Crippen molar-refractivity contribution in [3.63, 3.8) is 0 Å². The molecule has 0 atom stereocenters. The minimum Gasteiger partial charge on any atom is -0.329 e. The van der Waals surface area contributed by atoms with Crippen molar-refractivity contribution >= 4 is 17.9 Å². The number of hydrogen-bond acceptors (Lipinski definition) is 3. The molecule has 0 bridgehead atoms. The first-order valence-electron chi connectivity index (χ1n) is 8.62. The molecule has 7 nitrogen and oxygen atoms in total. The predicted octanol–water partition coefficient (Wildman–Crippen LogP) is 2.38. The number of aromatic nitrogens is 2. The number of carbonyl (C=O) groups excluding carboxylic acids is 2. The van der Waals surface area contributed by atoms with Gasteiger partial charge in [0.2, 0.25) is 11.9 Å². The van der Waals surface area contributed by atoms with Crippen molar-refractivity contribution in [2.45, 2.75) is 26.2 Å². The molecule has 7 heteroatoms. The van der Waals surface area contributed by atoms with Gasteiger partial charge in [-0.05, 0) is 30.4 Å². The number of urea groups is 1. The summed E-state index contributed by atoms with van der Waals surface area (Å²) in [6.07, 6.45) is 4.72. The summed E-state index contributed by atoms with van der Waals surface area (Å²) in [5.41, 5.74) is 3.11. The number of aromatic amines is 1. The van der Waals surface area contributed by atoms with Crippen LogP contribution in [0.4, 0.5) is 10.7 Å². The molecule has 3 N–H and O–H groups in total. The van der Waals surface area contributed by atoms with Gasteiger partial charge in [0, 0.05) is 13.1 Å². The molecule has 25 heavy (non-hydrogen) atoms. The predicted molar refractivity (Wildman–Crippen MR) is 96.2 cm³/mol. The fourth-order valence-corrected chi connectivity index (χ4v) is 2.82. The van der Waals surface area contributed by atoms with Crippen molar-refractivity contribution in [2.75, 3.05) is 25.0 Å². The summed E-state index contributed by atoms with van der Waals surface area (Å²) < 4.78 is 0. The number of hydrogen-bond donors (Lipinski definition) is 3. The summed E-state index contributed by atoms with van der Waals surface area (Å²) in [7, 11) is 0. The smallest absolute Gasteiger partial charge is 0.317 e. The van der Waals surface area contributed by atoms with Gasteiger partial charge in [-0.2, -0.15) is 0 Å². The Kier molecular flexibility index (Phi) is 5.33. The Labute approximate surface area is 146 Å². The fourth-order valence-electron chi connectivity index (χ4n) is 2.82. The summed E-state index contributed by atoms with van der Waals surface area (Å²) in [6, 6.07) is 8.00. The third-order valence-electron chi connectivity index (χ3n) is 4.30. The van der Waals surface area contributed by atoms with E-state index < -0.39 is 0 Å². The SMILES string of the molecule is CCc1ccc(-c2cnc(NC(=O)CNC(=O)N3CCCC3)[nH]2)cc1. The highest BCUT2D eigenvalue weighted by atomic mass is 16.2. The first-order chi connectivity index (χ1) is 12.2. The molecule has 1 aromatic carbocycles. The lowest BCUT2D eigenvalue weighted by molar-refractivity contribution is -0.115. The fraction of sp³-hybridized carbons (Fsp3) is 0.389. The van der Waals surface area contributed by atoms with Crippen LogP contribution in [0, 0.1) is 0 Å². The van der Waals surface area contributed by atoms with Crippen LogP contribution in [0.5, 0.6) is 0 Å². The van der Waals surface area contributed by atoms with E-state index in [9.17, 15) is 9.59 Å². The number of likely N-dealkylation sites (tertiary alicyclic amines) is 1. The first-order valence-corrected chi connectivity index (χ1v) is 8.62. The van der Waals surface area contributed by atoms with E-state index >= 15 is 0 Å². The second-order valence-electron chi connectivity index (χ2n) is 6.10. The summed E-state index contributed by atoms with van der Waals surface area (Å²) >= 11 is 0. The number of carbonyl (C=O) groups is 2. The molecule has 0 unspecified atom stereocenters. The van der Waals surface area contributed by atoms with E-state index in [1.165, 1.54) is 5.56 Å². The molecular weight excluding hydrogens is 318 g/mol. The molecule has 1 fully saturated rings. The summed E-state index contributed by atoms with van der Waals surface area (Å²) in [4.78, 5) is 32.8. The van der Waals surface area contributed by atoms with Gasteiger partial charge in [0.25, 0.3) is 0 Å². The molecule has 2 aromatic rings. The summed E-state index contributed by atoms with van der Waals surface area (Å²) in [5.74, 6) is 0.0600. The van der Waals surface area contributed by atoms with Gasteiger partial charge in [-0.1, -0.05) is 31.2 Å². The summed E-state index contributed by atoms with van der Waals surface area (Å²) in [5, 5.41) is 5.29. The van der Waals surface area contributed by atoms with Crippen molar-refractivity contribution in [2.24, 2.45) is 0 Å². The number of benzene rings is 1. The normalized spacial score (nSPS) is 13.7. The van der Waals surface area contributed by atoms with Crippen LogP contribution in [-0.2, 0) is 11.2 Å². The molecule has 132 valence electrons. The zero-order chi connectivity index (χ0) is 17.6. The Morgan fingerprint density at radius 3 is 2.60 bits per heavy atom. The Bertz CT molecular complexity index is 732. The maximum Gasteiger partial charge on any atom is 0.317 e. The van der Waals surface area contributed by atoms with Gasteiger partial charge >= 0.3 is 6.03 Å². The minimum atomic E-state index is -0.310. The van der Waals surface area contributed by atoms with Crippen molar-refractivity contribution in [1.29, 1.82) is 0 Å². The van der Waals surface area contributed by atoms with Crippen molar-refractivity contribution in [3.8, 4) is 11.3 Å². The molecule has 1 saturated heterocycles. The molecule has 2 heterocycles. The molecule has 1 aliphatic heterocycles. The van der Waals surface area contributed by atoms with Gasteiger partial charge in [0.05, 0.1) is 18.4 Å². The third kappa shape index (κ3) is 4.37. The number of nitrogens with one attached hydrogen (secondary N) is 3. The molecule has 0 saturated carbocycles. The van der Waals surface area contributed by atoms with Crippen LogP contribution in [0.25, 0.3) is 11.3 Å². The number of H-pyrrole nitrogens is 1. The number of nitrogens with zero attached hydrogens (tertiary/aromatic N) is 2. The van der Waals surface area contributed by atoms with Crippen LogP contribution in [0.2, 0.25) is 0 Å². The van der Waals surface area contributed by atoms with Gasteiger partial charge in [-0.25, -0.2) is 9.78 Å². The minimum absolute atomic E-state index is 0.0729. The first kappa shape index (κ1) is 17.0. The van der Waals surface area contributed by atoms with Crippen molar-refractivity contribution in [1.82, 2.24) is 20.2 Å². The lowest BCUT2D eigenvalue weighted by atomic mass is 10.1. The van der Waals surface area contributed by atoms with Crippen LogP contribution in [0.15, 0.2) is 30.5 Å². The highest BCUT2D eigenvalue weighted by Gasteiger charge is 2.18. The molecule has 3 rings (SSSR count). The number of rotatable bonds is 5. The lowest BCUT2D eigenvalue weighted by Gasteiger charge is -2.15. The number of aryl methyl sites for hydroxylation is 1. The van der Waals surface area contributed by atoms with Crippen molar-refractivity contribution in [3.05, 3.63) is 36.0 Å². The Balaban J connectivity index is 1.51. The van der Waals surface area contributed by atoms with E-state index in [4.69, 9.17) is 0 Å². The van der Waals surface area contributed by atoms with E-state index in [1.807, 2.05) is 12.1 Å². The quantitative estimate of drug-likeness (QED) is 0.780. The van der Waals surface area contributed by atoms with Crippen molar-refractivity contribution < 1.29 is 9.59 Å². The number of imidazole rings is 1. The number of anilines is 1. The van der Waals surface area contributed by atoms with Crippen LogP contribution in [0.3, 0.4) is 0 Å². The molecule has 0 radical (unpaired) electrons. The topological polar surface area (TPSA) is 90.1 Å². The maximum atomic E-state index is 12.0. The Morgan fingerprint density at radius 1 is 1.20 bits per heavy atom. The summed E-state index contributed by atoms with van der Waals surface area (Å²) in [6.45, 7) is 3.55. The van der Waals surface area contributed by atoms with E-state index in [-0.39, 0.29) is 18.5 Å². The molecule has 0 aliphatic carbocycles. The standard InChI is InChI=1S/C18H23N5O2/c1-2-13-5-7-14(8-6-13)15-11-19-17(21-15)22-16(24)12-20-18(25)23-9-3-4-10-23/h5-8,11H,2-4,9-10,12H2,1H3,(H,20,25)(H2,19,21,22,24). The second-order valence-corrected chi connectivity index (χ2v) is 6.10. The highest BCUT2D eigenvalue weighted by Crippen LogP contribution is 2.19. The lowest BCUT2D eigenvalue weighted by Crippen LogP contribution is -2.41. The number of amides is 3. The maximum absolute atomic E-state index is 12.0. The highest BCUT2D eigenvalue weighted by molar-refractivity contribution is 5.93. The molecule has 0 spiro atoms. The Morgan fingerprint density at radius 2 is 1.92 bits per heavy atom. The van der Waals surface area contributed by atoms with Gasteiger partial charge in [0.1, 0.15) is 0 Å². The van der Waals surface area contributed by atoms with Crippen LogP contribution < -0.4 is 10.6 Å². The largest absolute Gasteiger partial charge is 0.329 e. The molecule has 1 aromatic heterocycles. The third-order valence-corrected chi connectivity index (χ3v) is 4.30. The molecular formula is C18H23N5O2. The monoisotopic (exact) mass is 341 g/mol. The van der Waals surface area contributed by atoms with E-state index in [1.54, 1.807) is 11.1 Å². The van der Waals surface area contributed by atoms with Gasteiger partial charge < -0.3 is 15.2 Å². The zero-order valence-corrected chi connectivity index (χ0v) is 14.3. The second kappa shape index (κ2) is 7.83. The van der Waals surface area contributed by atoms with E-state index in [2.05, 4.69) is 39.7 Å². The zero-order valence-electron chi connectivity index (χ0n) is 14.3. The van der Waals surface area contributed by atoms with Gasteiger partial charge in [-0.15, -0.1) is 0 Å². The van der Waals surface area contributed by atoms with E-state index in [0.717, 1.165) is 43.6 Å².